The standard InChI is InChI=1S/C11H12N2O3/c1-13-9-4-2-7(3-5-10(14)15)6-8(9)11(16)12-13/h2,4,6H,3,5H2,1H3,(H,12,16)(H,14,15). The highest BCUT2D eigenvalue weighted by Gasteiger charge is 2.05. The molecule has 0 aliphatic carbocycles. The van der Waals surface area contributed by atoms with Gasteiger partial charge < -0.3 is 5.11 Å². The third kappa shape index (κ3) is 1.84. The van der Waals surface area contributed by atoms with Crippen molar-refractivity contribution in [2.75, 3.05) is 0 Å². The molecule has 0 aliphatic heterocycles. The van der Waals surface area contributed by atoms with Crippen molar-refractivity contribution in [2.24, 2.45) is 7.05 Å². The fraction of sp³-hybridized carbons (Fsp3) is 0.273. The molecule has 0 atom stereocenters. The minimum atomic E-state index is -0.831. The second-order valence-corrected chi connectivity index (χ2v) is 3.75. The molecule has 0 aliphatic rings. The number of aliphatic carboxylic acids is 1. The van der Waals surface area contributed by atoms with Crippen LogP contribution in [0.1, 0.15) is 12.0 Å². The molecule has 1 aromatic carbocycles. The molecule has 0 spiro atoms. The summed E-state index contributed by atoms with van der Waals surface area (Å²) in [7, 11) is 1.76. The van der Waals surface area contributed by atoms with E-state index in [1.807, 2.05) is 12.1 Å². The van der Waals surface area contributed by atoms with Crippen LogP contribution in [-0.4, -0.2) is 20.9 Å². The Hall–Kier alpha value is -2.04. The Kier molecular flexibility index (Phi) is 2.52. The van der Waals surface area contributed by atoms with E-state index in [4.69, 9.17) is 5.11 Å². The second-order valence-electron chi connectivity index (χ2n) is 3.75. The van der Waals surface area contributed by atoms with Crippen molar-refractivity contribution in [1.82, 2.24) is 9.78 Å². The number of carbonyl (C=O) groups is 1. The summed E-state index contributed by atoms with van der Waals surface area (Å²) in [5, 5.41) is 11.8. The van der Waals surface area contributed by atoms with E-state index in [-0.39, 0.29) is 12.0 Å². The van der Waals surface area contributed by atoms with Gasteiger partial charge in [-0.2, -0.15) is 0 Å². The van der Waals surface area contributed by atoms with E-state index in [1.165, 1.54) is 0 Å². The number of carboxylic acid groups (broad SMARTS) is 1. The molecular formula is C11H12N2O3. The molecular weight excluding hydrogens is 208 g/mol. The Labute approximate surface area is 91.3 Å². The molecule has 0 unspecified atom stereocenters. The fourth-order valence-electron chi connectivity index (χ4n) is 1.74. The molecule has 0 saturated carbocycles. The van der Waals surface area contributed by atoms with Gasteiger partial charge in [0.05, 0.1) is 10.9 Å². The molecule has 5 nitrogen and oxygen atoms in total. The predicted octanol–water partition coefficient (Wildman–Crippen LogP) is 0.884. The average molecular weight is 220 g/mol. The molecule has 0 saturated heterocycles. The quantitative estimate of drug-likeness (QED) is 0.806. The highest BCUT2D eigenvalue weighted by atomic mass is 16.4. The van der Waals surface area contributed by atoms with Gasteiger partial charge in [-0.25, -0.2) is 0 Å². The van der Waals surface area contributed by atoms with E-state index >= 15 is 0 Å². The van der Waals surface area contributed by atoms with Crippen LogP contribution < -0.4 is 5.56 Å². The summed E-state index contributed by atoms with van der Waals surface area (Å²) < 4.78 is 1.65. The maximum absolute atomic E-state index is 11.5. The van der Waals surface area contributed by atoms with Gasteiger partial charge in [-0.05, 0) is 24.1 Å². The molecule has 5 heteroatoms. The zero-order valence-corrected chi connectivity index (χ0v) is 8.86. The molecule has 2 rings (SSSR count). The van der Waals surface area contributed by atoms with E-state index in [0.717, 1.165) is 11.1 Å². The summed E-state index contributed by atoms with van der Waals surface area (Å²) in [4.78, 5) is 21.9. The normalized spacial score (nSPS) is 10.8. The highest BCUT2D eigenvalue weighted by molar-refractivity contribution is 5.79. The number of aromatic nitrogens is 2. The van der Waals surface area contributed by atoms with Crippen molar-refractivity contribution in [2.45, 2.75) is 12.8 Å². The van der Waals surface area contributed by atoms with E-state index in [0.29, 0.717) is 11.8 Å². The van der Waals surface area contributed by atoms with Crippen LogP contribution in [0.3, 0.4) is 0 Å². The molecule has 2 N–H and O–H groups in total. The molecule has 16 heavy (non-hydrogen) atoms. The number of nitrogens with one attached hydrogen (secondary N) is 1. The van der Waals surface area contributed by atoms with Gasteiger partial charge in [0, 0.05) is 13.5 Å². The number of carboxylic acids is 1. The summed E-state index contributed by atoms with van der Waals surface area (Å²) >= 11 is 0. The Bertz CT molecular complexity index is 595. The van der Waals surface area contributed by atoms with Gasteiger partial charge in [0.25, 0.3) is 5.56 Å². The maximum Gasteiger partial charge on any atom is 0.303 e. The zero-order chi connectivity index (χ0) is 11.7. The number of H-pyrrole nitrogens is 1. The minimum absolute atomic E-state index is 0.0796. The van der Waals surface area contributed by atoms with Crippen LogP contribution in [0.15, 0.2) is 23.0 Å². The molecule has 0 fully saturated rings. The third-order valence-corrected chi connectivity index (χ3v) is 2.56. The molecule has 0 radical (unpaired) electrons. The van der Waals surface area contributed by atoms with Crippen LogP contribution in [0.25, 0.3) is 10.9 Å². The van der Waals surface area contributed by atoms with Gasteiger partial charge in [0.15, 0.2) is 0 Å². The van der Waals surface area contributed by atoms with Crippen molar-refractivity contribution in [3.8, 4) is 0 Å². The molecule has 84 valence electrons. The molecule has 1 aromatic heterocycles. The lowest BCUT2D eigenvalue weighted by molar-refractivity contribution is -0.136. The fourth-order valence-corrected chi connectivity index (χ4v) is 1.74. The summed E-state index contributed by atoms with van der Waals surface area (Å²) in [6.45, 7) is 0. The van der Waals surface area contributed by atoms with E-state index in [9.17, 15) is 9.59 Å². The minimum Gasteiger partial charge on any atom is -0.481 e. The third-order valence-electron chi connectivity index (χ3n) is 2.56. The first kappa shape index (κ1) is 10.5. The Morgan fingerprint density at radius 3 is 2.94 bits per heavy atom. The number of fused-ring (bicyclic) bond motifs is 1. The predicted molar refractivity (Wildman–Crippen MR) is 59.5 cm³/mol. The van der Waals surface area contributed by atoms with Crippen LogP contribution >= 0.6 is 0 Å². The van der Waals surface area contributed by atoms with E-state index in [2.05, 4.69) is 5.10 Å². The Morgan fingerprint density at radius 2 is 2.25 bits per heavy atom. The lowest BCUT2D eigenvalue weighted by atomic mass is 10.1. The number of hydrogen-bond donors (Lipinski definition) is 2. The van der Waals surface area contributed by atoms with Gasteiger partial charge in [0.2, 0.25) is 0 Å². The maximum atomic E-state index is 11.5. The number of aromatic amines is 1. The average Bonchev–Trinajstić information content (AvgIpc) is 2.52. The first-order chi connectivity index (χ1) is 7.58. The number of nitrogens with zero attached hydrogens (tertiary/aromatic N) is 1. The highest BCUT2D eigenvalue weighted by Crippen LogP contribution is 2.12. The van der Waals surface area contributed by atoms with Crippen LogP contribution in [0.5, 0.6) is 0 Å². The van der Waals surface area contributed by atoms with Crippen molar-refractivity contribution in [3.05, 3.63) is 34.1 Å². The van der Waals surface area contributed by atoms with E-state index in [1.54, 1.807) is 17.8 Å². The second kappa shape index (κ2) is 3.84. The summed E-state index contributed by atoms with van der Waals surface area (Å²) in [6.07, 6.45) is 0.524. The topological polar surface area (TPSA) is 75.1 Å². The Morgan fingerprint density at radius 1 is 1.50 bits per heavy atom. The van der Waals surface area contributed by atoms with Crippen molar-refractivity contribution in [1.29, 1.82) is 0 Å². The lowest BCUT2D eigenvalue weighted by Gasteiger charge is -1.99. The molecule has 0 bridgehead atoms. The first-order valence-corrected chi connectivity index (χ1v) is 4.97. The van der Waals surface area contributed by atoms with E-state index < -0.39 is 5.97 Å². The number of hydrogen-bond acceptors (Lipinski definition) is 2. The number of aryl methyl sites for hydroxylation is 2. The number of benzene rings is 1. The Balaban J connectivity index is 2.40. The molecule has 0 amide bonds. The smallest absolute Gasteiger partial charge is 0.303 e. The van der Waals surface area contributed by atoms with Crippen LogP contribution in [0.4, 0.5) is 0 Å². The SMILES string of the molecule is Cn1[nH]c(=O)c2cc(CCC(=O)O)ccc21. The monoisotopic (exact) mass is 220 g/mol. The van der Waals surface area contributed by atoms with Crippen molar-refractivity contribution in [3.63, 3.8) is 0 Å². The zero-order valence-electron chi connectivity index (χ0n) is 8.86. The van der Waals surface area contributed by atoms with Gasteiger partial charge in [-0.15, -0.1) is 0 Å². The van der Waals surface area contributed by atoms with Crippen molar-refractivity contribution >= 4 is 16.9 Å². The largest absolute Gasteiger partial charge is 0.481 e. The summed E-state index contributed by atoms with van der Waals surface area (Å²) in [6, 6.07) is 5.42. The van der Waals surface area contributed by atoms with Crippen LogP contribution in [-0.2, 0) is 18.3 Å². The first-order valence-electron chi connectivity index (χ1n) is 4.97. The molecule has 1 heterocycles. The van der Waals surface area contributed by atoms with Crippen molar-refractivity contribution < 1.29 is 9.90 Å². The summed E-state index contributed by atoms with van der Waals surface area (Å²) in [5.74, 6) is -0.831. The van der Waals surface area contributed by atoms with Gasteiger partial charge in [-0.3, -0.25) is 19.4 Å². The van der Waals surface area contributed by atoms with Gasteiger partial charge in [-0.1, -0.05) is 6.07 Å². The van der Waals surface area contributed by atoms with Crippen LogP contribution in [0, 0.1) is 0 Å². The lowest BCUT2D eigenvalue weighted by Crippen LogP contribution is -2.01. The summed E-state index contributed by atoms with van der Waals surface area (Å²) in [5.41, 5.74) is 1.55. The number of rotatable bonds is 3. The van der Waals surface area contributed by atoms with Gasteiger partial charge in [0.1, 0.15) is 0 Å². The molecule has 2 aromatic rings. The van der Waals surface area contributed by atoms with Crippen LogP contribution in [0.2, 0.25) is 0 Å². The van der Waals surface area contributed by atoms with Gasteiger partial charge >= 0.3 is 5.97 Å².